The van der Waals surface area contributed by atoms with E-state index < -0.39 is 35.5 Å². The van der Waals surface area contributed by atoms with E-state index in [-0.39, 0.29) is 54.8 Å². The number of hydrogen-bond acceptors (Lipinski definition) is 13. The summed E-state index contributed by atoms with van der Waals surface area (Å²) in [6, 6.07) is 35.8. The first-order valence-corrected chi connectivity index (χ1v) is 29.2. The second kappa shape index (κ2) is 24.0. The number of carbonyl (C=O) groups is 5. The van der Waals surface area contributed by atoms with Crippen LogP contribution in [0.15, 0.2) is 127 Å². The van der Waals surface area contributed by atoms with Gasteiger partial charge in [0, 0.05) is 43.6 Å². The van der Waals surface area contributed by atoms with E-state index in [2.05, 4.69) is 25.9 Å². The molecule has 0 spiro atoms. The number of fused-ring (bicyclic) bond motifs is 2. The Bertz CT molecular complexity index is 3670. The molecule has 0 unspecified atom stereocenters. The summed E-state index contributed by atoms with van der Waals surface area (Å²) in [7, 11) is 0. The summed E-state index contributed by atoms with van der Waals surface area (Å²) in [5.41, 5.74) is 9.93. The summed E-state index contributed by atoms with van der Waals surface area (Å²) < 4.78 is 7.39. The maximum atomic E-state index is 14.3. The Morgan fingerprint density at radius 2 is 1.57 bits per heavy atom. The number of aryl methyl sites for hydroxylation is 1. The quantitative estimate of drug-likeness (QED) is 0.0576. The van der Waals surface area contributed by atoms with Gasteiger partial charge in [-0.25, -0.2) is 19.7 Å². The van der Waals surface area contributed by atoms with Gasteiger partial charge in [-0.1, -0.05) is 112 Å². The number of amides is 4. The fourth-order valence-electron chi connectivity index (χ4n) is 10.9. The summed E-state index contributed by atoms with van der Waals surface area (Å²) in [5.74, 6) is -0.972. The van der Waals surface area contributed by atoms with E-state index in [1.165, 1.54) is 16.2 Å². The molecule has 4 amide bonds. The van der Waals surface area contributed by atoms with Gasteiger partial charge in [0.2, 0.25) is 17.7 Å². The number of carboxylic acids is 1. The molecule has 8 aromatic rings. The number of aliphatic hydroxyl groups excluding tert-OH is 1. The van der Waals surface area contributed by atoms with Gasteiger partial charge in [-0.2, -0.15) is 0 Å². The topological polar surface area (TPSA) is 216 Å². The third kappa shape index (κ3) is 12.4. The zero-order valence-corrected chi connectivity index (χ0v) is 48.5. The number of likely N-dealkylation sites (tertiary alicyclic amines) is 1. The second-order valence-electron chi connectivity index (χ2n) is 22.3. The zero-order chi connectivity index (χ0) is 58.0. The van der Waals surface area contributed by atoms with Gasteiger partial charge >= 0.3 is 5.97 Å². The molecule has 10 rings (SSSR count). The predicted molar refractivity (Wildman–Crippen MR) is 321 cm³/mol. The number of anilines is 2. The van der Waals surface area contributed by atoms with Crippen molar-refractivity contribution in [2.45, 2.75) is 111 Å². The highest BCUT2D eigenvalue weighted by Gasteiger charge is 2.45. The Labute approximate surface area is 484 Å². The molecular weight excluding hydrogens is 1070 g/mol. The number of rotatable bonds is 17. The summed E-state index contributed by atoms with van der Waals surface area (Å²) in [5, 5.41) is 30.9. The molecular formula is C64H66N8O8S2. The summed E-state index contributed by atoms with van der Waals surface area (Å²) in [6.45, 7) is 14.3. The van der Waals surface area contributed by atoms with Crippen molar-refractivity contribution < 1.29 is 38.9 Å². The average molecular weight is 1140 g/mol. The SMILES string of the molecule is Cc1ncsc1-c1ccc([C@H](C)NC(=O)[C@@H]2C[C@@H](O)CN2C(=O)[C@@H](NC(=O)CC[C@@H](C)c2ccc(Oc3cccc(-c4ccc(N5CCc6cccc(C(=O)Nc7nc8ccccc8s7)c6C5)nc4C(=O)O)c3C)cc2)C(C)(C)C)cc1. The fourth-order valence-corrected chi connectivity index (χ4v) is 12.5. The number of ether oxygens (including phenoxy) is 1. The van der Waals surface area contributed by atoms with E-state index in [0.29, 0.717) is 65.1 Å². The molecule has 1 saturated heterocycles. The van der Waals surface area contributed by atoms with Gasteiger partial charge in [0.1, 0.15) is 29.4 Å². The van der Waals surface area contributed by atoms with Crippen molar-refractivity contribution in [3.8, 4) is 33.1 Å². The summed E-state index contributed by atoms with van der Waals surface area (Å²) in [6.07, 6.45) is 0.468. The number of para-hydroxylation sites is 1. The number of aromatic nitrogens is 3. The first-order valence-electron chi connectivity index (χ1n) is 27.5. The maximum Gasteiger partial charge on any atom is 0.355 e. The molecule has 16 nitrogen and oxygen atoms in total. The number of benzene rings is 5. The van der Waals surface area contributed by atoms with E-state index in [0.717, 1.165) is 54.2 Å². The molecule has 18 heteroatoms. The van der Waals surface area contributed by atoms with Crippen molar-refractivity contribution in [2.24, 2.45) is 5.41 Å². The van der Waals surface area contributed by atoms with Crippen LogP contribution in [0.4, 0.5) is 10.9 Å². The van der Waals surface area contributed by atoms with Gasteiger partial charge in [0.05, 0.1) is 38.4 Å². The van der Waals surface area contributed by atoms with Crippen LogP contribution in [0, 0.1) is 19.3 Å². The Balaban J connectivity index is 0.747. The van der Waals surface area contributed by atoms with Gasteiger partial charge in [0.25, 0.3) is 5.91 Å². The third-order valence-electron chi connectivity index (χ3n) is 15.6. The lowest BCUT2D eigenvalue weighted by atomic mass is 9.85. The van der Waals surface area contributed by atoms with Crippen LogP contribution in [-0.2, 0) is 27.3 Å². The van der Waals surface area contributed by atoms with Gasteiger partial charge in [0.15, 0.2) is 10.8 Å². The van der Waals surface area contributed by atoms with Crippen molar-refractivity contribution in [3.05, 3.63) is 172 Å². The van der Waals surface area contributed by atoms with Crippen LogP contribution >= 0.6 is 22.7 Å². The highest BCUT2D eigenvalue weighted by atomic mass is 32.1. The molecule has 0 saturated carbocycles. The first-order chi connectivity index (χ1) is 39.3. The number of hydrogen-bond donors (Lipinski definition) is 5. The molecule has 2 aliphatic heterocycles. The normalized spacial score (nSPS) is 16.2. The molecule has 5 atom stereocenters. The van der Waals surface area contributed by atoms with E-state index in [4.69, 9.17) is 9.72 Å². The average Bonchev–Trinajstić information content (AvgIpc) is 4.29. The summed E-state index contributed by atoms with van der Waals surface area (Å²) in [4.78, 5) is 86.6. The van der Waals surface area contributed by atoms with E-state index in [9.17, 15) is 34.2 Å². The van der Waals surface area contributed by atoms with Gasteiger partial charge in [-0.3, -0.25) is 24.5 Å². The number of nitrogens with one attached hydrogen (secondary N) is 3. The predicted octanol–water partition coefficient (Wildman–Crippen LogP) is 11.7. The Morgan fingerprint density at radius 3 is 2.29 bits per heavy atom. The van der Waals surface area contributed by atoms with Crippen LogP contribution in [0.2, 0.25) is 0 Å². The number of nitrogens with zero attached hydrogens (tertiary/aromatic N) is 5. The molecule has 5 heterocycles. The van der Waals surface area contributed by atoms with Crippen molar-refractivity contribution in [2.75, 3.05) is 23.3 Å². The lowest BCUT2D eigenvalue weighted by Gasteiger charge is -2.35. The second-order valence-corrected chi connectivity index (χ2v) is 24.2. The number of carboxylic acid groups (broad SMARTS) is 1. The van der Waals surface area contributed by atoms with E-state index >= 15 is 0 Å². The van der Waals surface area contributed by atoms with Crippen molar-refractivity contribution in [1.82, 2.24) is 30.5 Å². The molecule has 0 bridgehead atoms. The zero-order valence-electron chi connectivity index (χ0n) is 46.9. The lowest BCUT2D eigenvalue weighted by Crippen LogP contribution is -2.57. The molecule has 1 fully saturated rings. The number of aliphatic hydroxyl groups is 1. The number of β-amino-alcohol motifs (C(OH)–C–C–N with tert-alkyl or cyclic N) is 1. The minimum Gasteiger partial charge on any atom is -0.476 e. The standard InChI is InChI=1S/C64H66N8O8S2/c1-36(18-29-55(74)69-58(64(5,6)7)61(77)72-33-44(73)32-51(72)60(76)66-38(3)41-19-21-43(22-20-41)57-39(4)65-35-81-57)40-23-25-45(26-24-40)80-52-16-11-13-46(37(52)2)47-27-28-54(68-56(47)62(78)79)71-31-30-42-12-10-14-48(49(42)34-71)59(75)70-63-67-50-15-8-9-17-53(50)82-63/h8-17,19-28,35-36,38,44,51,58,73H,18,29-34H2,1-7H3,(H,66,76)(H,69,74)(H,78,79)(H,67,70,75)/t36-,38+,44-,51+,58-/m1/s1. The van der Waals surface area contributed by atoms with Crippen LogP contribution in [0.25, 0.3) is 31.8 Å². The van der Waals surface area contributed by atoms with Crippen molar-refractivity contribution in [1.29, 1.82) is 0 Å². The van der Waals surface area contributed by atoms with Crippen LogP contribution < -0.4 is 25.6 Å². The molecule has 5 N–H and O–H groups in total. The largest absolute Gasteiger partial charge is 0.476 e. The molecule has 422 valence electrons. The molecule has 0 radical (unpaired) electrons. The van der Waals surface area contributed by atoms with Gasteiger partial charge < -0.3 is 35.4 Å². The van der Waals surface area contributed by atoms with Crippen LogP contribution in [0.3, 0.4) is 0 Å². The first kappa shape index (κ1) is 56.9. The highest BCUT2D eigenvalue weighted by molar-refractivity contribution is 7.22. The van der Waals surface area contributed by atoms with Crippen LogP contribution in [0.1, 0.15) is 120 Å². The van der Waals surface area contributed by atoms with Crippen molar-refractivity contribution in [3.63, 3.8) is 0 Å². The minimum atomic E-state index is -1.18. The van der Waals surface area contributed by atoms with Crippen molar-refractivity contribution >= 4 is 73.4 Å². The maximum absolute atomic E-state index is 14.3. The fraction of sp³-hybridized carbons (Fsp3) is 0.312. The molecule has 3 aromatic heterocycles. The number of carbonyl (C=O) groups excluding carboxylic acids is 4. The molecule has 5 aromatic carbocycles. The Hall–Kier alpha value is -8.32. The van der Waals surface area contributed by atoms with E-state index in [1.807, 2.05) is 168 Å². The number of thiazole rings is 2. The summed E-state index contributed by atoms with van der Waals surface area (Å²) >= 11 is 2.98. The van der Waals surface area contributed by atoms with Gasteiger partial charge in [-0.15, -0.1) is 11.3 Å². The number of pyridine rings is 1. The monoisotopic (exact) mass is 1140 g/mol. The Kier molecular flexibility index (Phi) is 16.7. The number of aromatic carboxylic acids is 1. The molecule has 82 heavy (non-hydrogen) atoms. The Morgan fingerprint density at radius 1 is 0.829 bits per heavy atom. The van der Waals surface area contributed by atoms with Crippen LogP contribution in [0.5, 0.6) is 11.5 Å². The molecule has 0 aliphatic carbocycles. The smallest absolute Gasteiger partial charge is 0.355 e. The third-order valence-corrected chi connectivity index (χ3v) is 17.5. The lowest BCUT2D eigenvalue weighted by molar-refractivity contribution is -0.144. The minimum absolute atomic E-state index is 0.0226. The van der Waals surface area contributed by atoms with Crippen LogP contribution in [-0.4, -0.2) is 90.9 Å². The highest BCUT2D eigenvalue weighted by Crippen LogP contribution is 2.38. The van der Waals surface area contributed by atoms with E-state index in [1.54, 1.807) is 23.5 Å². The molecule has 2 aliphatic rings. The van der Waals surface area contributed by atoms with Gasteiger partial charge in [-0.05, 0) is 132 Å².